The number of hydrazine groups is 2. The molecule has 4 aliphatic heterocycles. The van der Waals surface area contributed by atoms with Gasteiger partial charge in [-0.2, -0.15) is 5.26 Å². The molecule has 6 fully saturated rings. The molecule has 184 valence electrons. The second kappa shape index (κ2) is 9.04. The topological polar surface area (TPSA) is 87.2 Å². The van der Waals surface area contributed by atoms with Gasteiger partial charge in [-0.1, -0.05) is 0 Å². The molecular formula is C26H45N7. The van der Waals surface area contributed by atoms with Crippen molar-refractivity contribution in [1.29, 1.82) is 5.26 Å². The third-order valence-corrected chi connectivity index (χ3v) is 10.9. The third-order valence-electron chi connectivity index (χ3n) is 10.9. The van der Waals surface area contributed by atoms with Crippen molar-refractivity contribution in [1.82, 2.24) is 31.9 Å². The summed E-state index contributed by atoms with van der Waals surface area (Å²) in [5.41, 5.74) is 10.9. The van der Waals surface area contributed by atoms with Gasteiger partial charge in [-0.3, -0.25) is 16.2 Å². The number of rotatable bonds is 3. The van der Waals surface area contributed by atoms with Gasteiger partial charge >= 0.3 is 0 Å². The molecule has 7 nitrogen and oxygen atoms in total. The smallest absolute Gasteiger partial charge is 0.0746 e. The summed E-state index contributed by atoms with van der Waals surface area (Å²) in [6.07, 6.45) is 12.4. The minimum atomic E-state index is -0.176. The molecule has 8 unspecified atom stereocenters. The largest absolute Gasteiger partial charge is 0.312 e. The summed E-state index contributed by atoms with van der Waals surface area (Å²) in [6.45, 7) is 7.54. The second-order valence-corrected chi connectivity index (χ2v) is 12.7. The molecule has 0 aromatic heterocycles. The van der Waals surface area contributed by atoms with Crippen molar-refractivity contribution in [2.75, 3.05) is 19.8 Å². The first-order valence-electron chi connectivity index (χ1n) is 13.9. The lowest BCUT2D eigenvalue weighted by Gasteiger charge is -2.50. The molecular weight excluding hydrogens is 410 g/mol. The van der Waals surface area contributed by atoms with Crippen LogP contribution < -0.4 is 26.9 Å². The molecule has 33 heavy (non-hydrogen) atoms. The van der Waals surface area contributed by atoms with Gasteiger partial charge in [-0.25, -0.2) is 10.4 Å². The molecule has 6 aliphatic rings. The van der Waals surface area contributed by atoms with E-state index in [0.717, 1.165) is 42.8 Å². The minimum absolute atomic E-state index is 0.176. The maximum atomic E-state index is 9.60. The van der Waals surface area contributed by atoms with Gasteiger partial charge in [0.15, 0.2) is 0 Å². The quantitative estimate of drug-likeness (QED) is 0.446. The van der Waals surface area contributed by atoms with Crippen LogP contribution in [-0.2, 0) is 0 Å². The number of nitrogens with zero attached hydrogens (tertiary/aromatic N) is 2. The molecule has 4 saturated heterocycles. The molecule has 0 aromatic rings. The normalized spacial score (nSPS) is 48.5. The van der Waals surface area contributed by atoms with Gasteiger partial charge in [0, 0.05) is 31.2 Å². The Kier molecular flexibility index (Phi) is 6.22. The van der Waals surface area contributed by atoms with E-state index in [2.05, 4.69) is 51.8 Å². The highest BCUT2D eigenvalue weighted by Crippen LogP contribution is 2.48. The van der Waals surface area contributed by atoms with Crippen LogP contribution in [-0.4, -0.2) is 49.1 Å². The molecule has 4 heterocycles. The van der Waals surface area contributed by atoms with Crippen molar-refractivity contribution >= 4 is 0 Å². The Bertz CT molecular complexity index is 741. The van der Waals surface area contributed by atoms with Crippen LogP contribution in [0.2, 0.25) is 0 Å². The Morgan fingerprint density at radius 1 is 0.848 bits per heavy atom. The van der Waals surface area contributed by atoms with Crippen molar-refractivity contribution in [3.63, 3.8) is 0 Å². The zero-order chi connectivity index (χ0) is 22.6. The summed E-state index contributed by atoms with van der Waals surface area (Å²) in [4.78, 5) is 0. The van der Waals surface area contributed by atoms with Gasteiger partial charge in [0.05, 0.1) is 24.3 Å². The highest BCUT2D eigenvalue weighted by molar-refractivity contribution is 5.08. The predicted molar refractivity (Wildman–Crippen MR) is 129 cm³/mol. The summed E-state index contributed by atoms with van der Waals surface area (Å²) in [5.74, 6) is 4.66. The molecule has 0 spiro atoms. The SMILES string of the molecule is CC(C)(C#N)C1CCC(C2NNC3CNC4CCC(C5CCN6NCNC6C5)CC4C32)CC1. The molecule has 2 aliphatic carbocycles. The van der Waals surface area contributed by atoms with Gasteiger partial charge in [0.25, 0.3) is 0 Å². The van der Waals surface area contributed by atoms with E-state index in [1.54, 1.807) is 0 Å². The molecule has 5 N–H and O–H groups in total. The maximum absolute atomic E-state index is 9.60. The lowest BCUT2D eigenvalue weighted by atomic mass is 9.60. The van der Waals surface area contributed by atoms with E-state index in [1.807, 2.05) is 0 Å². The first kappa shape index (κ1) is 22.7. The van der Waals surface area contributed by atoms with Crippen LogP contribution in [0.5, 0.6) is 0 Å². The maximum Gasteiger partial charge on any atom is 0.0746 e. The number of nitrogens with one attached hydrogen (secondary N) is 5. The number of piperidine rings is 2. The summed E-state index contributed by atoms with van der Waals surface area (Å²) < 4.78 is 0. The van der Waals surface area contributed by atoms with E-state index in [9.17, 15) is 5.26 Å². The fourth-order valence-electron chi connectivity index (χ4n) is 8.81. The Morgan fingerprint density at radius 2 is 1.64 bits per heavy atom. The molecule has 0 radical (unpaired) electrons. The van der Waals surface area contributed by atoms with Crippen LogP contribution >= 0.6 is 0 Å². The molecule has 0 amide bonds. The van der Waals surface area contributed by atoms with E-state index in [-0.39, 0.29) is 5.41 Å². The van der Waals surface area contributed by atoms with Gasteiger partial charge in [0.2, 0.25) is 0 Å². The fraction of sp³-hybridized carbons (Fsp3) is 0.962. The zero-order valence-corrected chi connectivity index (χ0v) is 20.7. The summed E-state index contributed by atoms with van der Waals surface area (Å²) in [5, 5.41) is 19.6. The average Bonchev–Trinajstić information content (AvgIpc) is 3.50. The third kappa shape index (κ3) is 4.15. The van der Waals surface area contributed by atoms with Crippen molar-refractivity contribution in [3.05, 3.63) is 0 Å². The molecule has 6 rings (SSSR count). The molecule has 0 bridgehead atoms. The Labute approximate surface area is 200 Å². The number of nitriles is 1. The minimum Gasteiger partial charge on any atom is -0.312 e. The second-order valence-electron chi connectivity index (χ2n) is 12.7. The van der Waals surface area contributed by atoms with Crippen LogP contribution in [0.4, 0.5) is 0 Å². The Morgan fingerprint density at radius 3 is 2.45 bits per heavy atom. The molecule has 0 aromatic carbocycles. The van der Waals surface area contributed by atoms with E-state index in [1.165, 1.54) is 64.3 Å². The van der Waals surface area contributed by atoms with E-state index in [4.69, 9.17) is 0 Å². The predicted octanol–water partition coefficient (Wildman–Crippen LogP) is 2.30. The first-order chi connectivity index (χ1) is 16.0. The lowest BCUT2D eigenvalue weighted by molar-refractivity contribution is 0.0208. The van der Waals surface area contributed by atoms with Gasteiger partial charge < -0.3 is 5.32 Å². The highest BCUT2D eigenvalue weighted by atomic mass is 15.6. The number of fused-ring (bicyclic) bond motifs is 4. The Hall–Kier alpha value is -0.750. The summed E-state index contributed by atoms with van der Waals surface area (Å²) >= 11 is 0. The molecule has 7 heteroatoms. The fourth-order valence-corrected chi connectivity index (χ4v) is 8.81. The van der Waals surface area contributed by atoms with E-state index >= 15 is 0 Å². The lowest BCUT2D eigenvalue weighted by Crippen LogP contribution is -2.59. The Balaban J connectivity index is 1.12. The monoisotopic (exact) mass is 455 g/mol. The molecule has 8 atom stereocenters. The first-order valence-corrected chi connectivity index (χ1v) is 13.9. The van der Waals surface area contributed by atoms with E-state index < -0.39 is 0 Å². The average molecular weight is 456 g/mol. The van der Waals surface area contributed by atoms with Crippen LogP contribution in [0, 0.1) is 52.3 Å². The van der Waals surface area contributed by atoms with Gasteiger partial charge in [-0.05, 0) is 107 Å². The highest BCUT2D eigenvalue weighted by Gasteiger charge is 2.52. The van der Waals surface area contributed by atoms with Crippen LogP contribution in [0.1, 0.15) is 71.6 Å². The van der Waals surface area contributed by atoms with Crippen LogP contribution in [0.3, 0.4) is 0 Å². The number of hydrogen-bond acceptors (Lipinski definition) is 7. The number of hydrogen-bond donors (Lipinski definition) is 5. The van der Waals surface area contributed by atoms with Crippen molar-refractivity contribution < 1.29 is 0 Å². The summed E-state index contributed by atoms with van der Waals surface area (Å²) in [7, 11) is 0. The standard InChI is InChI=1S/C26H45N7/c1-26(2,14-27)19-6-3-16(4-7-19)25-24-20-11-17(5-8-21(20)28-13-22(24)31-32-25)18-9-10-33-23(12-18)29-15-30-33/h16-25,28-32H,3-13,15H2,1-2H3. The van der Waals surface area contributed by atoms with Crippen molar-refractivity contribution in [2.24, 2.45) is 40.9 Å². The summed E-state index contributed by atoms with van der Waals surface area (Å²) in [6, 6.07) is 4.48. The van der Waals surface area contributed by atoms with Gasteiger partial charge in [0.1, 0.15) is 0 Å². The van der Waals surface area contributed by atoms with Crippen LogP contribution in [0.25, 0.3) is 0 Å². The van der Waals surface area contributed by atoms with Crippen molar-refractivity contribution in [2.45, 2.75) is 95.9 Å². The van der Waals surface area contributed by atoms with E-state index in [0.29, 0.717) is 30.2 Å². The van der Waals surface area contributed by atoms with Crippen molar-refractivity contribution in [3.8, 4) is 6.07 Å². The van der Waals surface area contributed by atoms with Gasteiger partial charge in [-0.15, -0.1) is 0 Å². The zero-order valence-electron chi connectivity index (χ0n) is 20.7. The molecule has 2 saturated carbocycles. The van der Waals surface area contributed by atoms with Crippen LogP contribution in [0.15, 0.2) is 0 Å².